The third-order valence-corrected chi connectivity index (χ3v) is 1.57. The summed E-state index contributed by atoms with van der Waals surface area (Å²) in [6.45, 7) is 4.19. The zero-order chi connectivity index (χ0) is 9.84. The van der Waals surface area contributed by atoms with E-state index in [0.29, 0.717) is 12.3 Å². The Morgan fingerprint density at radius 3 is 3.00 bits per heavy atom. The molecule has 0 saturated carbocycles. The maximum absolute atomic E-state index is 10.4. The molecule has 0 aliphatic heterocycles. The zero-order valence-electron chi connectivity index (χ0n) is 7.48. The summed E-state index contributed by atoms with van der Waals surface area (Å²) in [5, 5.41) is 12.1. The first-order valence-electron chi connectivity index (χ1n) is 3.96. The fourth-order valence-electron chi connectivity index (χ4n) is 0.917. The first kappa shape index (κ1) is 9.73. The summed E-state index contributed by atoms with van der Waals surface area (Å²) in [4.78, 5) is 10.4. The van der Waals surface area contributed by atoms with Crippen LogP contribution in [0.5, 0.6) is 0 Å². The van der Waals surface area contributed by atoms with Crippen molar-refractivity contribution in [3.8, 4) is 0 Å². The van der Waals surface area contributed by atoms with E-state index in [9.17, 15) is 4.79 Å². The van der Waals surface area contributed by atoms with E-state index in [0.717, 1.165) is 0 Å². The van der Waals surface area contributed by atoms with Crippen LogP contribution in [0.4, 0.5) is 0 Å². The number of nitrogens with zero attached hydrogens (tertiary/aromatic N) is 1. The topological polar surface area (TPSA) is 72.6 Å². The minimum absolute atomic E-state index is 0.165. The lowest BCUT2D eigenvalue weighted by molar-refractivity contribution is 0.0641. The Kier molecular flexibility index (Phi) is 3.02. The van der Waals surface area contributed by atoms with Crippen molar-refractivity contribution in [3.63, 3.8) is 0 Å². The molecule has 1 aromatic rings. The van der Waals surface area contributed by atoms with Gasteiger partial charge in [0.25, 0.3) is 0 Å². The molecule has 0 spiro atoms. The summed E-state index contributed by atoms with van der Waals surface area (Å²) in [6, 6.07) is 1.36. The van der Waals surface area contributed by atoms with Crippen LogP contribution in [0.2, 0.25) is 0 Å². The molecule has 5 heteroatoms. The summed E-state index contributed by atoms with van der Waals surface area (Å²) in [7, 11) is 0. The van der Waals surface area contributed by atoms with E-state index in [4.69, 9.17) is 9.84 Å². The number of ether oxygens (including phenoxy) is 1. The monoisotopic (exact) mass is 185 g/mol. The van der Waals surface area contributed by atoms with Crippen molar-refractivity contribution in [2.24, 2.45) is 0 Å². The molecule has 1 atom stereocenters. The van der Waals surface area contributed by atoms with E-state index in [2.05, 4.69) is 9.68 Å². The SMILES string of the molecule is CCOC(C)c1cc(C(=O)O)on1. The van der Waals surface area contributed by atoms with Gasteiger partial charge in [0.1, 0.15) is 11.8 Å². The van der Waals surface area contributed by atoms with Crippen molar-refractivity contribution in [3.05, 3.63) is 17.5 Å². The van der Waals surface area contributed by atoms with Crippen molar-refractivity contribution < 1.29 is 19.2 Å². The molecule has 0 saturated heterocycles. The van der Waals surface area contributed by atoms with Gasteiger partial charge in [0.2, 0.25) is 5.76 Å². The molecule has 5 nitrogen and oxygen atoms in total. The molecule has 72 valence electrons. The maximum atomic E-state index is 10.4. The standard InChI is InChI=1S/C8H11NO4/c1-3-12-5(2)6-4-7(8(10)11)13-9-6/h4-5H,3H2,1-2H3,(H,10,11). The highest BCUT2D eigenvalue weighted by Crippen LogP contribution is 2.16. The van der Waals surface area contributed by atoms with Gasteiger partial charge in [-0.1, -0.05) is 5.16 Å². The summed E-state index contributed by atoms with van der Waals surface area (Å²) in [5.41, 5.74) is 0.499. The van der Waals surface area contributed by atoms with Gasteiger partial charge in [0, 0.05) is 12.7 Å². The predicted molar refractivity (Wildman–Crippen MR) is 43.5 cm³/mol. The lowest BCUT2D eigenvalue weighted by Gasteiger charge is -2.05. The molecule has 0 amide bonds. The van der Waals surface area contributed by atoms with Crippen LogP contribution in [0.25, 0.3) is 0 Å². The first-order valence-corrected chi connectivity index (χ1v) is 3.96. The van der Waals surface area contributed by atoms with Crippen molar-refractivity contribution in [1.29, 1.82) is 0 Å². The molecule has 1 N–H and O–H groups in total. The lowest BCUT2D eigenvalue weighted by atomic mass is 10.2. The van der Waals surface area contributed by atoms with Crippen LogP contribution in [0.1, 0.15) is 36.2 Å². The van der Waals surface area contributed by atoms with Gasteiger partial charge in [-0.3, -0.25) is 0 Å². The van der Waals surface area contributed by atoms with Crippen molar-refractivity contribution in [2.75, 3.05) is 6.61 Å². The Labute approximate surface area is 75.3 Å². The van der Waals surface area contributed by atoms with Crippen LogP contribution in [0.15, 0.2) is 10.6 Å². The number of hydrogen-bond donors (Lipinski definition) is 1. The summed E-state index contributed by atoms with van der Waals surface area (Å²) >= 11 is 0. The molecule has 0 bridgehead atoms. The third kappa shape index (κ3) is 2.29. The number of carboxylic acids is 1. The van der Waals surface area contributed by atoms with Crippen LogP contribution in [0.3, 0.4) is 0 Å². The highest BCUT2D eigenvalue weighted by molar-refractivity contribution is 5.84. The Balaban J connectivity index is 2.73. The largest absolute Gasteiger partial charge is 0.475 e. The maximum Gasteiger partial charge on any atom is 0.374 e. The van der Waals surface area contributed by atoms with E-state index in [1.807, 2.05) is 6.92 Å². The van der Waals surface area contributed by atoms with E-state index in [1.165, 1.54) is 6.07 Å². The first-order chi connectivity index (χ1) is 6.15. The highest BCUT2D eigenvalue weighted by Gasteiger charge is 2.15. The molecule has 1 aromatic heterocycles. The predicted octanol–water partition coefficient (Wildman–Crippen LogP) is 1.47. The molecule has 0 aliphatic rings. The second kappa shape index (κ2) is 4.04. The second-order valence-corrected chi connectivity index (χ2v) is 2.52. The van der Waals surface area contributed by atoms with Gasteiger partial charge in [-0.25, -0.2) is 4.79 Å². The highest BCUT2D eigenvalue weighted by atomic mass is 16.5. The fraction of sp³-hybridized carbons (Fsp3) is 0.500. The molecule has 1 rings (SSSR count). The molecule has 0 aromatic carbocycles. The van der Waals surface area contributed by atoms with E-state index in [1.54, 1.807) is 6.92 Å². The van der Waals surface area contributed by atoms with Gasteiger partial charge < -0.3 is 14.4 Å². The zero-order valence-corrected chi connectivity index (χ0v) is 7.48. The summed E-state index contributed by atoms with van der Waals surface area (Å²) < 4.78 is 9.77. The Morgan fingerprint density at radius 1 is 1.85 bits per heavy atom. The average molecular weight is 185 g/mol. The molecular weight excluding hydrogens is 174 g/mol. The van der Waals surface area contributed by atoms with Crippen LogP contribution in [-0.2, 0) is 4.74 Å². The van der Waals surface area contributed by atoms with Gasteiger partial charge in [-0.05, 0) is 13.8 Å². The van der Waals surface area contributed by atoms with Crippen LogP contribution >= 0.6 is 0 Å². The number of carboxylic acid groups (broad SMARTS) is 1. The summed E-state index contributed by atoms with van der Waals surface area (Å²) in [5.74, 6) is -1.29. The van der Waals surface area contributed by atoms with Crippen LogP contribution in [0, 0.1) is 0 Å². The van der Waals surface area contributed by atoms with Gasteiger partial charge >= 0.3 is 5.97 Å². The molecule has 0 fully saturated rings. The number of carbonyl (C=O) groups is 1. The molecule has 1 heterocycles. The van der Waals surface area contributed by atoms with Crippen molar-refractivity contribution >= 4 is 5.97 Å². The quantitative estimate of drug-likeness (QED) is 0.768. The average Bonchev–Trinajstić information content (AvgIpc) is 2.52. The second-order valence-electron chi connectivity index (χ2n) is 2.52. The van der Waals surface area contributed by atoms with Gasteiger partial charge in [-0.15, -0.1) is 0 Å². The fourth-order valence-corrected chi connectivity index (χ4v) is 0.917. The van der Waals surface area contributed by atoms with E-state index < -0.39 is 5.97 Å². The number of rotatable bonds is 4. The van der Waals surface area contributed by atoms with Gasteiger partial charge in [0.05, 0.1) is 0 Å². The van der Waals surface area contributed by atoms with Crippen molar-refractivity contribution in [1.82, 2.24) is 5.16 Å². The van der Waals surface area contributed by atoms with Crippen molar-refractivity contribution in [2.45, 2.75) is 20.0 Å². The minimum atomic E-state index is -1.12. The molecule has 1 unspecified atom stereocenters. The smallest absolute Gasteiger partial charge is 0.374 e. The Morgan fingerprint density at radius 2 is 2.54 bits per heavy atom. The normalized spacial score (nSPS) is 12.8. The Hall–Kier alpha value is -1.36. The van der Waals surface area contributed by atoms with E-state index >= 15 is 0 Å². The minimum Gasteiger partial charge on any atom is -0.475 e. The lowest BCUT2D eigenvalue weighted by Crippen LogP contribution is -1.99. The van der Waals surface area contributed by atoms with E-state index in [-0.39, 0.29) is 11.9 Å². The summed E-state index contributed by atoms with van der Waals surface area (Å²) in [6.07, 6.45) is -0.234. The van der Waals surface area contributed by atoms with Crippen LogP contribution in [-0.4, -0.2) is 22.8 Å². The molecule has 0 aliphatic carbocycles. The van der Waals surface area contributed by atoms with Gasteiger partial charge in [-0.2, -0.15) is 0 Å². The van der Waals surface area contributed by atoms with Gasteiger partial charge in [0.15, 0.2) is 0 Å². The number of aromatic carboxylic acids is 1. The molecule has 13 heavy (non-hydrogen) atoms. The number of aromatic nitrogens is 1. The molecular formula is C8H11NO4. The Bertz CT molecular complexity index is 294. The van der Waals surface area contributed by atoms with Crippen LogP contribution < -0.4 is 0 Å². The number of hydrogen-bond acceptors (Lipinski definition) is 4. The third-order valence-electron chi connectivity index (χ3n) is 1.57. The molecule has 0 radical (unpaired) electrons.